The largest absolute Gasteiger partial charge is 0.462 e. The number of carbonyl (C=O) groups is 1. The van der Waals surface area contributed by atoms with Crippen LogP contribution in [0.1, 0.15) is 67.7 Å². The summed E-state index contributed by atoms with van der Waals surface area (Å²) in [5.41, 5.74) is 3.91. The van der Waals surface area contributed by atoms with Crippen LogP contribution < -0.4 is 0 Å². The number of aryl methyl sites for hydroxylation is 1. The number of esters is 1. The van der Waals surface area contributed by atoms with Gasteiger partial charge in [0.1, 0.15) is 11.6 Å². The molecule has 3 saturated heterocycles. The first-order chi connectivity index (χ1) is 19.3. The van der Waals surface area contributed by atoms with Crippen LogP contribution in [0.25, 0.3) is 16.6 Å². The molecule has 1 aromatic carbocycles. The van der Waals surface area contributed by atoms with Crippen molar-refractivity contribution in [3.8, 4) is 11.1 Å². The Morgan fingerprint density at radius 1 is 1.20 bits per heavy atom. The molecule has 3 aromatic rings. The molecule has 3 aliphatic heterocycles. The van der Waals surface area contributed by atoms with Crippen molar-refractivity contribution < 1.29 is 18.7 Å². The summed E-state index contributed by atoms with van der Waals surface area (Å²) in [6.45, 7) is 13.9. The molecule has 0 saturated carbocycles. The SMILES string of the molecule is CCOC(=O)c1cc(F)ccc1-c1cc(C2CN([C@H](CCCN3C[C@H]4C[C@@H]3CO4)C(C)C)C2)cn2c(C)ncc12. The van der Waals surface area contributed by atoms with Gasteiger partial charge in [0.15, 0.2) is 0 Å². The first-order valence-electron chi connectivity index (χ1n) is 14.9. The molecular weight excluding hydrogens is 507 g/mol. The van der Waals surface area contributed by atoms with Crippen LogP contribution in [0.2, 0.25) is 0 Å². The Morgan fingerprint density at radius 2 is 2.02 bits per heavy atom. The van der Waals surface area contributed by atoms with E-state index in [1.54, 1.807) is 13.0 Å². The number of fused-ring (bicyclic) bond motifs is 3. The average molecular weight is 549 g/mol. The number of imidazole rings is 1. The van der Waals surface area contributed by atoms with Gasteiger partial charge in [-0.1, -0.05) is 19.9 Å². The summed E-state index contributed by atoms with van der Waals surface area (Å²) < 4.78 is 27.4. The highest BCUT2D eigenvalue weighted by Gasteiger charge is 2.39. The van der Waals surface area contributed by atoms with E-state index in [2.05, 4.69) is 45.3 Å². The number of ether oxygens (including phenoxy) is 2. The second-order valence-corrected chi connectivity index (χ2v) is 12.1. The Hall–Kier alpha value is -2.81. The van der Waals surface area contributed by atoms with E-state index in [1.165, 1.54) is 43.5 Å². The zero-order chi connectivity index (χ0) is 28.0. The summed E-state index contributed by atoms with van der Waals surface area (Å²) in [7, 11) is 0. The van der Waals surface area contributed by atoms with Gasteiger partial charge in [-0.05, 0) is 74.9 Å². The maximum absolute atomic E-state index is 14.2. The van der Waals surface area contributed by atoms with E-state index in [-0.39, 0.29) is 12.2 Å². The first kappa shape index (κ1) is 27.4. The number of likely N-dealkylation sites (tertiary alicyclic amines) is 2. The first-order valence-corrected chi connectivity index (χ1v) is 14.9. The van der Waals surface area contributed by atoms with Gasteiger partial charge in [-0.2, -0.15) is 0 Å². The van der Waals surface area contributed by atoms with Crippen molar-refractivity contribution in [3.63, 3.8) is 0 Å². The highest BCUT2D eigenvalue weighted by Crippen LogP contribution is 2.37. The van der Waals surface area contributed by atoms with Crippen molar-refractivity contribution in [1.29, 1.82) is 0 Å². The van der Waals surface area contributed by atoms with Crippen molar-refractivity contribution in [3.05, 3.63) is 59.4 Å². The van der Waals surface area contributed by atoms with Crippen LogP contribution >= 0.6 is 0 Å². The van der Waals surface area contributed by atoms with Crippen molar-refractivity contribution in [2.75, 3.05) is 39.4 Å². The molecule has 5 heterocycles. The van der Waals surface area contributed by atoms with Crippen molar-refractivity contribution in [1.82, 2.24) is 19.2 Å². The number of benzene rings is 1. The highest BCUT2D eigenvalue weighted by atomic mass is 19.1. The van der Waals surface area contributed by atoms with Crippen LogP contribution in [-0.4, -0.2) is 82.7 Å². The second-order valence-electron chi connectivity index (χ2n) is 12.1. The third kappa shape index (κ3) is 5.17. The van der Waals surface area contributed by atoms with Gasteiger partial charge in [-0.15, -0.1) is 0 Å². The molecule has 8 heteroatoms. The zero-order valence-corrected chi connectivity index (χ0v) is 24.1. The van der Waals surface area contributed by atoms with E-state index < -0.39 is 11.8 Å². The van der Waals surface area contributed by atoms with E-state index in [0.29, 0.717) is 35.6 Å². The van der Waals surface area contributed by atoms with Crippen LogP contribution in [0.3, 0.4) is 0 Å². The number of aromatic nitrogens is 2. The van der Waals surface area contributed by atoms with E-state index >= 15 is 0 Å². The number of hydrogen-bond acceptors (Lipinski definition) is 6. The normalized spacial score (nSPS) is 22.4. The fourth-order valence-corrected chi connectivity index (χ4v) is 7.00. The fraction of sp³-hybridized carbons (Fsp3) is 0.562. The standard InChI is InChI=1S/C32H41FN4O3/c1-5-39-32(38)29-12-24(33)8-9-27(29)28-11-22(17-37-21(4)34-14-31(28)37)23-15-36(16-23)30(20(2)3)7-6-10-35-18-26-13-25(35)19-40-26/h8-9,11-12,14,17,20,23,25-26,30H,5-7,10,13,15-16,18-19H2,1-4H3/t25-,26-,30-/m1/s1. The van der Waals surface area contributed by atoms with E-state index in [9.17, 15) is 9.18 Å². The number of pyridine rings is 1. The summed E-state index contributed by atoms with van der Waals surface area (Å²) in [5.74, 6) is 0.906. The summed E-state index contributed by atoms with van der Waals surface area (Å²) in [4.78, 5) is 22.6. The molecule has 0 spiro atoms. The van der Waals surface area contributed by atoms with Gasteiger partial charge in [0.25, 0.3) is 0 Å². The molecule has 40 heavy (non-hydrogen) atoms. The minimum absolute atomic E-state index is 0.235. The highest BCUT2D eigenvalue weighted by molar-refractivity contribution is 5.99. The third-order valence-corrected chi connectivity index (χ3v) is 9.19. The smallest absolute Gasteiger partial charge is 0.338 e. The summed E-state index contributed by atoms with van der Waals surface area (Å²) in [6, 6.07) is 7.74. The lowest BCUT2D eigenvalue weighted by molar-refractivity contribution is 0.0251. The number of morpholine rings is 1. The molecular formula is C32H41FN4O3. The number of carbonyl (C=O) groups excluding carboxylic acids is 1. The Labute approximate surface area is 236 Å². The third-order valence-electron chi connectivity index (χ3n) is 9.19. The Balaban J connectivity index is 1.20. The maximum Gasteiger partial charge on any atom is 0.338 e. The van der Waals surface area contributed by atoms with Crippen molar-refractivity contribution in [2.45, 2.75) is 71.1 Å². The van der Waals surface area contributed by atoms with Gasteiger partial charge in [0.2, 0.25) is 0 Å². The zero-order valence-electron chi connectivity index (χ0n) is 24.1. The molecule has 6 rings (SSSR count). The summed E-state index contributed by atoms with van der Waals surface area (Å²) in [5, 5.41) is 0. The summed E-state index contributed by atoms with van der Waals surface area (Å²) in [6.07, 6.45) is 8.12. The molecule has 0 amide bonds. The number of nitrogens with zero attached hydrogens (tertiary/aromatic N) is 4. The van der Waals surface area contributed by atoms with Gasteiger partial charge < -0.3 is 13.9 Å². The molecule has 3 aliphatic rings. The Bertz CT molecular complexity index is 1380. The van der Waals surface area contributed by atoms with Crippen LogP contribution in [0.5, 0.6) is 0 Å². The number of rotatable bonds is 10. The minimum Gasteiger partial charge on any atom is -0.462 e. The van der Waals surface area contributed by atoms with Gasteiger partial charge in [0.05, 0.1) is 36.6 Å². The predicted molar refractivity (Wildman–Crippen MR) is 153 cm³/mol. The molecule has 0 unspecified atom stereocenters. The monoisotopic (exact) mass is 548 g/mol. The van der Waals surface area contributed by atoms with Crippen LogP contribution in [0.15, 0.2) is 36.7 Å². The Kier molecular flexibility index (Phi) is 7.68. The molecule has 0 aliphatic carbocycles. The van der Waals surface area contributed by atoms with E-state index in [4.69, 9.17) is 9.47 Å². The number of hydrogen-bond donors (Lipinski definition) is 0. The molecule has 214 valence electrons. The van der Waals surface area contributed by atoms with E-state index in [0.717, 1.165) is 43.1 Å². The second kappa shape index (κ2) is 11.2. The van der Waals surface area contributed by atoms with E-state index in [1.807, 2.05) is 13.1 Å². The van der Waals surface area contributed by atoms with Crippen molar-refractivity contribution >= 4 is 11.5 Å². The lowest BCUT2D eigenvalue weighted by atomic mass is 9.85. The summed E-state index contributed by atoms with van der Waals surface area (Å²) >= 11 is 0. The fourth-order valence-electron chi connectivity index (χ4n) is 7.00. The lowest BCUT2D eigenvalue weighted by Crippen LogP contribution is -2.52. The number of halogens is 1. The quantitative estimate of drug-likeness (QED) is 0.321. The lowest BCUT2D eigenvalue weighted by Gasteiger charge is -2.46. The maximum atomic E-state index is 14.2. The molecule has 0 radical (unpaired) electrons. The van der Waals surface area contributed by atoms with Gasteiger partial charge in [-0.3, -0.25) is 9.80 Å². The van der Waals surface area contributed by atoms with Crippen molar-refractivity contribution in [2.24, 2.45) is 5.92 Å². The molecule has 2 aromatic heterocycles. The van der Waals surface area contributed by atoms with Crippen LogP contribution in [0.4, 0.5) is 4.39 Å². The topological polar surface area (TPSA) is 59.3 Å². The minimum atomic E-state index is -0.513. The molecule has 3 fully saturated rings. The average Bonchev–Trinajstić information content (AvgIpc) is 3.63. The molecule has 0 N–H and O–H groups in total. The van der Waals surface area contributed by atoms with Crippen LogP contribution in [0, 0.1) is 18.7 Å². The van der Waals surface area contributed by atoms with Crippen LogP contribution in [-0.2, 0) is 9.47 Å². The van der Waals surface area contributed by atoms with Gasteiger partial charge in [-0.25, -0.2) is 14.2 Å². The predicted octanol–water partition coefficient (Wildman–Crippen LogP) is 5.30. The Morgan fingerprint density at radius 3 is 2.73 bits per heavy atom. The molecule has 2 bridgehead atoms. The molecule has 3 atom stereocenters. The van der Waals surface area contributed by atoms with Gasteiger partial charge in [0, 0.05) is 49.4 Å². The molecule has 7 nitrogen and oxygen atoms in total. The van der Waals surface area contributed by atoms with Gasteiger partial charge >= 0.3 is 5.97 Å².